The molecule has 1 rings (SSSR count). The minimum absolute atomic E-state index is 0.0913. The van der Waals surface area contributed by atoms with E-state index in [1.165, 1.54) is 11.6 Å². The molecule has 1 N–H and O–H groups in total. The number of aryl methyl sites for hydroxylation is 1. The minimum Gasteiger partial charge on any atom is -0.323 e. The highest BCUT2D eigenvalue weighted by molar-refractivity contribution is 5.99. The molecular weight excluding hydrogens is 210 g/mol. The largest absolute Gasteiger partial charge is 0.323 e. The molecule has 2 heteroatoms. The Bertz CT molecular complexity index is 312. The Kier molecular flexibility index (Phi) is 13.1. The summed E-state index contributed by atoms with van der Waals surface area (Å²) in [5.74, 6) is -0.0913. The van der Waals surface area contributed by atoms with Crippen LogP contribution in [-0.2, 0) is 4.79 Å². The van der Waals surface area contributed by atoms with E-state index in [9.17, 15) is 4.79 Å². The summed E-state index contributed by atoms with van der Waals surface area (Å²) < 4.78 is 0. The third kappa shape index (κ3) is 9.36. The molecule has 0 spiro atoms. The van der Waals surface area contributed by atoms with Crippen LogP contribution >= 0.6 is 0 Å². The molecular formula is C15H25NO. The van der Waals surface area contributed by atoms with Crippen molar-refractivity contribution in [2.75, 3.05) is 5.32 Å². The third-order valence-corrected chi connectivity index (χ3v) is 1.64. The van der Waals surface area contributed by atoms with Crippen LogP contribution in [0.15, 0.2) is 36.4 Å². The third-order valence-electron chi connectivity index (χ3n) is 1.64. The lowest BCUT2D eigenvalue weighted by atomic mass is 10.2. The fourth-order valence-corrected chi connectivity index (χ4v) is 0.972. The van der Waals surface area contributed by atoms with Gasteiger partial charge in [0.15, 0.2) is 0 Å². The van der Waals surface area contributed by atoms with E-state index in [-0.39, 0.29) is 5.91 Å². The molecule has 0 aliphatic heterocycles. The predicted octanol–water partition coefficient (Wildman–Crippen LogP) is 4.56. The number of allylic oxidation sites excluding steroid dienone is 1. The van der Waals surface area contributed by atoms with Crippen LogP contribution in [0.5, 0.6) is 0 Å². The van der Waals surface area contributed by atoms with E-state index >= 15 is 0 Å². The first-order valence-electron chi connectivity index (χ1n) is 6.22. The van der Waals surface area contributed by atoms with Gasteiger partial charge in [-0.1, -0.05) is 51.5 Å². The monoisotopic (exact) mass is 235 g/mol. The van der Waals surface area contributed by atoms with Gasteiger partial charge in [-0.25, -0.2) is 0 Å². The molecule has 0 unspecified atom stereocenters. The zero-order valence-electron chi connectivity index (χ0n) is 11.9. The van der Waals surface area contributed by atoms with Gasteiger partial charge in [-0.2, -0.15) is 0 Å². The van der Waals surface area contributed by atoms with Crippen molar-refractivity contribution in [3.8, 4) is 0 Å². The Labute approximate surface area is 106 Å². The summed E-state index contributed by atoms with van der Waals surface area (Å²) in [4.78, 5) is 11.1. The van der Waals surface area contributed by atoms with Crippen LogP contribution in [0, 0.1) is 6.92 Å². The summed E-state index contributed by atoms with van der Waals surface area (Å²) in [6.45, 7) is 11.8. The first-order chi connectivity index (χ1) is 8.22. The first kappa shape index (κ1) is 17.8. The summed E-state index contributed by atoms with van der Waals surface area (Å²) in [5, 5.41) is 2.74. The zero-order chi connectivity index (χ0) is 13.7. The van der Waals surface area contributed by atoms with Crippen molar-refractivity contribution in [1.82, 2.24) is 0 Å². The highest BCUT2D eigenvalue weighted by Gasteiger charge is 1.95. The van der Waals surface area contributed by atoms with Crippen molar-refractivity contribution in [1.29, 1.82) is 0 Å². The average Bonchev–Trinajstić information content (AvgIpc) is 2.37. The van der Waals surface area contributed by atoms with Gasteiger partial charge in [0, 0.05) is 5.69 Å². The second-order valence-electron chi connectivity index (χ2n) is 2.86. The second-order valence-corrected chi connectivity index (χ2v) is 2.86. The summed E-state index contributed by atoms with van der Waals surface area (Å²) >= 11 is 0. The van der Waals surface area contributed by atoms with Gasteiger partial charge in [-0.3, -0.25) is 4.79 Å². The maximum Gasteiger partial charge on any atom is 0.248 e. The van der Waals surface area contributed by atoms with E-state index in [1.54, 1.807) is 6.08 Å². The molecule has 0 heterocycles. The van der Waals surface area contributed by atoms with E-state index in [0.717, 1.165) is 5.69 Å². The van der Waals surface area contributed by atoms with Crippen molar-refractivity contribution in [2.45, 2.75) is 41.5 Å². The highest BCUT2D eigenvalue weighted by Crippen LogP contribution is 2.08. The number of nitrogens with one attached hydrogen (secondary N) is 1. The summed E-state index contributed by atoms with van der Waals surface area (Å²) in [6, 6.07) is 7.70. The number of hydrogen-bond acceptors (Lipinski definition) is 1. The van der Waals surface area contributed by atoms with E-state index in [4.69, 9.17) is 0 Å². The van der Waals surface area contributed by atoms with Gasteiger partial charge >= 0.3 is 0 Å². The number of carbonyl (C=O) groups is 1. The van der Waals surface area contributed by atoms with E-state index in [0.29, 0.717) is 0 Å². The van der Waals surface area contributed by atoms with Crippen LogP contribution in [0.3, 0.4) is 0 Å². The molecule has 96 valence electrons. The lowest BCUT2D eigenvalue weighted by Gasteiger charge is -2.01. The van der Waals surface area contributed by atoms with Crippen LogP contribution in [-0.4, -0.2) is 5.91 Å². The average molecular weight is 235 g/mol. The van der Waals surface area contributed by atoms with Crippen LogP contribution < -0.4 is 5.32 Å². The second kappa shape index (κ2) is 12.5. The SMILES string of the molecule is C/C=C\C(=O)Nc1ccc(C)cc1.CC.CC. The molecule has 0 aromatic heterocycles. The maximum atomic E-state index is 11.1. The fraction of sp³-hybridized carbons (Fsp3) is 0.400. The van der Waals surface area contributed by atoms with Gasteiger partial charge in [-0.15, -0.1) is 0 Å². The minimum atomic E-state index is -0.0913. The summed E-state index contributed by atoms with van der Waals surface area (Å²) in [6.07, 6.45) is 3.21. The van der Waals surface area contributed by atoms with Crippen molar-refractivity contribution in [2.24, 2.45) is 0 Å². The van der Waals surface area contributed by atoms with E-state index < -0.39 is 0 Å². The molecule has 17 heavy (non-hydrogen) atoms. The normalized spacial score (nSPS) is 8.59. The Balaban J connectivity index is 0. The lowest BCUT2D eigenvalue weighted by Crippen LogP contribution is -2.07. The number of hydrogen-bond donors (Lipinski definition) is 1. The topological polar surface area (TPSA) is 29.1 Å². The molecule has 0 saturated heterocycles. The van der Waals surface area contributed by atoms with Gasteiger partial charge in [0.05, 0.1) is 0 Å². The number of amides is 1. The number of benzene rings is 1. The quantitative estimate of drug-likeness (QED) is 0.748. The van der Waals surface area contributed by atoms with Crippen molar-refractivity contribution in [3.05, 3.63) is 42.0 Å². The Morgan fingerprint density at radius 1 is 1.06 bits per heavy atom. The molecule has 0 aliphatic rings. The molecule has 1 aromatic rings. The fourth-order valence-electron chi connectivity index (χ4n) is 0.972. The molecule has 0 saturated carbocycles. The molecule has 0 atom stereocenters. The van der Waals surface area contributed by atoms with Gasteiger partial charge in [0.2, 0.25) is 5.91 Å². The molecule has 0 fully saturated rings. The number of carbonyl (C=O) groups excluding carboxylic acids is 1. The smallest absolute Gasteiger partial charge is 0.248 e. The Morgan fingerprint density at radius 3 is 1.94 bits per heavy atom. The van der Waals surface area contributed by atoms with Gasteiger partial charge in [0.25, 0.3) is 0 Å². The number of anilines is 1. The van der Waals surface area contributed by atoms with Crippen molar-refractivity contribution in [3.63, 3.8) is 0 Å². The van der Waals surface area contributed by atoms with E-state index in [1.807, 2.05) is 65.8 Å². The van der Waals surface area contributed by atoms with Crippen molar-refractivity contribution < 1.29 is 4.79 Å². The molecule has 1 aromatic carbocycles. The van der Waals surface area contributed by atoms with Crippen LogP contribution in [0.4, 0.5) is 5.69 Å². The zero-order valence-corrected chi connectivity index (χ0v) is 11.9. The Morgan fingerprint density at radius 2 is 1.53 bits per heavy atom. The van der Waals surface area contributed by atoms with Crippen LogP contribution in [0.1, 0.15) is 40.2 Å². The van der Waals surface area contributed by atoms with E-state index in [2.05, 4.69) is 5.32 Å². The first-order valence-corrected chi connectivity index (χ1v) is 6.22. The van der Waals surface area contributed by atoms with Gasteiger partial charge in [0.1, 0.15) is 0 Å². The van der Waals surface area contributed by atoms with Crippen molar-refractivity contribution >= 4 is 11.6 Å². The predicted molar refractivity (Wildman–Crippen MR) is 77.3 cm³/mol. The molecule has 2 nitrogen and oxygen atoms in total. The molecule has 0 bridgehead atoms. The standard InChI is InChI=1S/C11H13NO.2C2H6/c1-3-4-11(13)12-10-7-5-9(2)6-8-10;2*1-2/h3-8H,1-2H3,(H,12,13);2*1-2H3/b4-3-;;. The Hall–Kier alpha value is -1.57. The number of rotatable bonds is 2. The van der Waals surface area contributed by atoms with Gasteiger partial charge in [-0.05, 0) is 32.1 Å². The molecule has 0 radical (unpaired) electrons. The molecule has 0 aliphatic carbocycles. The highest BCUT2D eigenvalue weighted by atomic mass is 16.1. The van der Waals surface area contributed by atoms with Crippen LogP contribution in [0.2, 0.25) is 0 Å². The lowest BCUT2D eigenvalue weighted by molar-refractivity contribution is -0.111. The summed E-state index contributed by atoms with van der Waals surface area (Å²) in [5.41, 5.74) is 2.01. The molecule has 1 amide bonds. The van der Waals surface area contributed by atoms with Crippen LogP contribution in [0.25, 0.3) is 0 Å². The summed E-state index contributed by atoms with van der Waals surface area (Å²) in [7, 11) is 0. The maximum absolute atomic E-state index is 11.1. The van der Waals surface area contributed by atoms with Gasteiger partial charge < -0.3 is 5.32 Å².